The molecular weight excluding hydrogens is 158 g/mol. The second-order valence-corrected chi connectivity index (χ2v) is 3.19. The molecule has 0 spiro atoms. The molecule has 0 aromatic carbocycles. The Kier molecular flexibility index (Phi) is 3.49. The predicted molar refractivity (Wildman–Crippen MR) is 43.3 cm³/mol. The normalized spacial score (nSPS) is 23.1. The summed E-state index contributed by atoms with van der Waals surface area (Å²) in [6.45, 7) is 4.93. The maximum atomic E-state index is 11.2. The molecule has 4 nitrogen and oxygen atoms in total. The van der Waals surface area contributed by atoms with E-state index < -0.39 is 0 Å². The lowest BCUT2D eigenvalue weighted by molar-refractivity contribution is -0.141. The van der Waals surface area contributed by atoms with E-state index in [4.69, 9.17) is 9.57 Å². The van der Waals surface area contributed by atoms with Crippen LogP contribution in [0.25, 0.3) is 0 Å². The second kappa shape index (κ2) is 4.42. The van der Waals surface area contributed by atoms with Crippen LogP contribution in [0.1, 0.15) is 20.3 Å². The van der Waals surface area contributed by atoms with Gasteiger partial charge in [0.2, 0.25) is 5.91 Å². The molecule has 0 aromatic heterocycles. The maximum Gasteiger partial charge on any atom is 0.249 e. The molecule has 1 heterocycles. The fraction of sp³-hybridized carbons (Fsp3) is 0.875. The molecule has 1 rings (SSSR count). The molecule has 1 N–H and O–H groups in total. The second-order valence-electron chi connectivity index (χ2n) is 3.19. The Labute approximate surface area is 72.2 Å². The lowest BCUT2D eigenvalue weighted by Crippen LogP contribution is -2.33. The van der Waals surface area contributed by atoms with E-state index in [-0.39, 0.29) is 17.9 Å². The first-order valence-corrected chi connectivity index (χ1v) is 4.23. The highest BCUT2D eigenvalue weighted by molar-refractivity contribution is 5.77. The highest BCUT2D eigenvalue weighted by Gasteiger charge is 2.23. The molecule has 1 saturated heterocycles. The van der Waals surface area contributed by atoms with Crippen molar-refractivity contribution in [1.82, 2.24) is 5.48 Å². The summed E-state index contributed by atoms with van der Waals surface area (Å²) in [4.78, 5) is 16.2. The summed E-state index contributed by atoms with van der Waals surface area (Å²) in [5, 5.41) is 0. The predicted octanol–water partition coefficient (Wildman–Crippen LogP) is 0.479. The molecule has 1 atom stereocenters. The third-order valence-corrected chi connectivity index (χ3v) is 1.70. The number of ether oxygens (including phenoxy) is 1. The van der Waals surface area contributed by atoms with Crippen LogP contribution in [-0.2, 0) is 14.4 Å². The van der Waals surface area contributed by atoms with Gasteiger partial charge in [0.1, 0.15) is 0 Å². The minimum Gasteiger partial charge on any atom is -0.381 e. The molecule has 12 heavy (non-hydrogen) atoms. The summed E-state index contributed by atoms with van der Waals surface area (Å²) in [6, 6.07) is 0. The van der Waals surface area contributed by atoms with Gasteiger partial charge in [-0.1, -0.05) is 0 Å². The van der Waals surface area contributed by atoms with Crippen molar-refractivity contribution in [3.8, 4) is 0 Å². The van der Waals surface area contributed by atoms with E-state index in [1.54, 1.807) is 0 Å². The number of carbonyl (C=O) groups is 1. The summed E-state index contributed by atoms with van der Waals surface area (Å²) in [6.07, 6.45) is 0.823. The zero-order valence-corrected chi connectivity index (χ0v) is 7.50. The monoisotopic (exact) mass is 173 g/mol. The smallest absolute Gasteiger partial charge is 0.249 e. The van der Waals surface area contributed by atoms with E-state index in [1.807, 2.05) is 13.8 Å². The van der Waals surface area contributed by atoms with Crippen LogP contribution in [0.5, 0.6) is 0 Å². The largest absolute Gasteiger partial charge is 0.381 e. The van der Waals surface area contributed by atoms with Gasteiger partial charge in [-0.25, -0.2) is 5.48 Å². The third-order valence-electron chi connectivity index (χ3n) is 1.70. The Morgan fingerprint density at radius 3 is 2.92 bits per heavy atom. The van der Waals surface area contributed by atoms with Gasteiger partial charge in [-0.15, -0.1) is 0 Å². The molecule has 70 valence electrons. The zero-order chi connectivity index (χ0) is 8.97. The SMILES string of the molecule is CC(C)ONC(=O)C1CCOC1. The average molecular weight is 173 g/mol. The van der Waals surface area contributed by atoms with Gasteiger partial charge in [-0.05, 0) is 20.3 Å². The van der Waals surface area contributed by atoms with E-state index in [1.165, 1.54) is 0 Å². The zero-order valence-electron chi connectivity index (χ0n) is 7.50. The molecule has 0 radical (unpaired) electrons. The highest BCUT2D eigenvalue weighted by Crippen LogP contribution is 2.11. The average Bonchev–Trinajstić information content (AvgIpc) is 2.51. The lowest BCUT2D eigenvalue weighted by Gasteiger charge is -2.10. The molecule has 4 heteroatoms. The Bertz CT molecular complexity index is 152. The Balaban J connectivity index is 2.18. The minimum absolute atomic E-state index is 0.0243. The molecule has 0 bridgehead atoms. The molecule has 0 aliphatic carbocycles. The Morgan fingerprint density at radius 2 is 2.42 bits per heavy atom. The number of hydroxylamine groups is 1. The minimum atomic E-state index is -0.0683. The van der Waals surface area contributed by atoms with Crippen LogP contribution in [0.15, 0.2) is 0 Å². The van der Waals surface area contributed by atoms with Gasteiger partial charge in [0, 0.05) is 6.61 Å². The van der Waals surface area contributed by atoms with Gasteiger partial charge in [0.05, 0.1) is 18.6 Å². The van der Waals surface area contributed by atoms with Crippen molar-refractivity contribution < 1.29 is 14.4 Å². The van der Waals surface area contributed by atoms with E-state index in [9.17, 15) is 4.79 Å². The molecule has 1 unspecified atom stereocenters. The number of carbonyl (C=O) groups excluding carboxylic acids is 1. The molecule has 1 amide bonds. The highest BCUT2D eigenvalue weighted by atomic mass is 16.7. The van der Waals surface area contributed by atoms with Crippen molar-refractivity contribution >= 4 is 5.91 Å². The summed E-state index contributed by atoms with van der Waals surface area (Å²) < 4.78 is 5.07. The number of amides is 1. The first-order chi connectivity index (χ1) is 5.70. The van der Waals surface area contributed by atoms with Crippen LogP contribution < -0.4 is 5.48 Å². The van der Waals surface area contributed by atoms with Gasteiger partial charge in [0.15, 0.2) is 0 Å². The van der Waals surface area contributed by atoms with E-state index in [0.717, 1.165) is 6.42 Å². The molecule has 1 aliphatic rings. The van der Waals surface area contributed by atoms with Gasteiger partial charge in [0.25, 0.3) is 0 Å². The van der Waals surface area contributed by atoms with Gasteiger partial charge in [-0.2, -0.15) is 0 Å². The van der Waals surface area contributed by atoms with Crippen molar-refractivity contribution in [2.75, 3.05) is 13.2 Å². The van der Waals surface area contributed by atoms with Crippen molar-refractivity contribution in [2.24, 2.45) is 5.92 Å². The number of hydrogen-bond donors (Lipinski definition) is 1. The quantitative estimate of drug-likeness (QED) is 0.631. The first kappa shape index (κ1) is 9.48. The van der Waals surface area contributed by atoms with E-state index in [0.29, 0.717) is 13.2 Å². The Morgan fingerprint density at radius 1 is 1.67 bits per heavy atom. The van der Waals surface area contributed by atoms with Gasteiger partial charge < -0.3 is 4.74 Å². The van der Waals surface area contributed by atoms with Crippen LogP contribution in [0.3, 0.4) is 0 Å². The van der Waals surface area contributed by atoms with Crippen LogP contribution in [-0.4, -0.2) is 25.2 Å². The topological polar surface area (TPSA) is 47.6 Å². The van der Waals surface area contributed by atoms with E-state index in [2.05, 4.69) is 5.48 Å². The number of hydrogen-bond acceptors (Lipinski definition) is 3. The summed E-state index contributed by atoms with van der Waals surface area (Å²) >= 11 is 0. The maximum absolute atomic E-state index is 11.2. The number of rotatable bonds is 3. The number of nitrogens with one attached hydrogen (secondary N) is 1. The molecule has 0 aromatic rings. The molecule has 0 saturated carbocycles. The molecule has 1 aliphatic heterocycles. The summed E-state index contributed by atoms with van der Waals surface area (Å²) in [5.74, 6) is -0.0926. The molecule has 1 fully saturated rings. The van der Waals surface area contributed by atoms with Gasteiger partial charge in [-0.3, -0.25) is 9.63 Å². The van der Waals surface area contributed by atoms with Crippen LogP contribution >= 0.6 is 0 Å². The van der Waals surface area contributed by atoms with Crippen molar-refractivity contribution in [2.45, 2.75) is 26.4 Å². The van der Waals surface area contributed by atoms with Crippen molar-refractivity contribution in [3.63, 3.8) is 0 Å². The third kappa shape index (κ3) is 2.79. The molecular formula is C8H15NO3. The van der Waals surface area contributed by atoms with Crippen LogP contribution in [0.4, 0.5) is 0 Å². The fourth-order valence-corrected chi connectivity index (χ4v) is 1.00. The Hall–Kier alpha value is -0.610. The lowest BCUT2D eigenvalue weighted by atomic mass is 10.1. The van der Waals surface area contributed by atoms with Gasteiger partial charge >= 0.3 is 0 Å². The van der Waals surface area contributed by atoms with E-state index >= 15 is 0 Å². The standard InChI is InChI=1S/C8H15NO3/c1-6(2)12-9-8(10)7-3-4-11-5-7/h6-7H,3-5H2,1-2H3,(H,9,10). The van der Waals surface area contributed by atoms with Crippen LogP contribution in [0.2, 0.25) is 0 Å². The summed E-state index contributed by atoms with van der Waals surface area (Å²) in [7, 11) is 0. The summed E-state index contributed by atoms with van der Waals surface area (Å²) in [5.41, 5.74) is 2.41. The van der Waals surface area contributed by atoms with Crippen molar-refractivity contribution in [3.05, 3.63) is 0 Å². The van der Waals surface area contributed by atoms with Crippen molar-refractivity contribution in [1.29, 1.82) is 0 Å². The first-order valence-electron chi connectivity index (χ1n) is 4.23. The van der Waals surface area contributed by atoms with Crippen LogP contribution in [0, 0.1) is 5.92 Å². The fourth-order valence-electron chi connectivity index (χ4n) is 1.00.